The molecule has 53 heavy (non-hydrogen) atoms. The zero-order valence-corrected chi connectivity index (χ0v) is 31.0. The Bertz CT molecular complexity index is 1930. The Morgan fingerprint density at radius 3 is 2.45 bits per heavy atom. The van der Waals surface area contributed by atoms with E-state index in [1.807, 2.05) is 6.92 Å². The van der Waals surface area contributed by atoms with Crippen molar-refractivity contribution in [3.05, 3.63) is 48.1 Å². The van der Waals surface area contributed by atoms with E-state index in [1.165, 1.54) is 31.3 Å². The van der Waals surface area contributed by atoms with Crippen molar-refractivity contribution in [1.29, 1.82) is 0 Å². The number of carbonyl (C=O) groups is 1. The lowest BCUT2D eigenvalue weighted by atomic mass is 9.65. The monoisotopic (exact) mass is 725 g/mol. The second-order valence-electron chi connectivity index (χ2n) is 18.0. The molecule has 2 spiro atoms. The minimum atomic E-state index is -1.54. The predicted octanol–water partition coefficient (Wildman–Crippen LogP) is 5.41. The summed E-state index contributed by atoms with van der Waals surface area (Å²) >= 11 is 0. The number of hydrogen-bond donors (Lipinski definition) is 0. The van der Waals surface area contributed by atoms with Gasteiger partial charge in [0, 0.05) is 98.5 Å². The van der Waals surface area contributed by atoms with Crippen molar-refractivity contribution in [2.45, 2.75) is 89.4 Å². The molecule has 0 bridgehead atoms. The predicted molar refractivity (Wildman–Crippen MR) is 194 cm³/mol. The molecule has 6 heterocycles. The minimum absolute atomic E-state index is 0.202. The highest BCUT2D eigenvalue weighted by Gasteiger charge is 2.61. The summed E-state index contributed by atoms with van der Waals surface area (Å²) in [6.07, 6.45) is 9.74. The van der Waals surface area contributed by atoms with Gasteiger partial charge in [-0.05, 0) is 81.9 Å². The van der Waals surface area contributed by atoms with Crippen molar-refractivity contribution in [2.75, 3.05) is 57.3 Å². The number of anilines is 1. The van der Waals surface area contributed by atoms with E-state index < -0.39 is 5.67 Å². The standard InChI is InChI=1S/C40H49F2N9O2/c1-24(2)34(27-12-29(13-27)49-19-39(20-49)21-51(22-39)37(52)40(42)8-9-40)50-17-38(18-50)10-11-48(16-38)35-36(47-45-23-44-35)53-32-7-6-28(41)14-30(32)31-15-43-25(3)46-33(31)26-4-5-26/h6-7,14-15,23-24,26-27,29,34H,4-5,8-13,16-22H2,1-3H3/t27?,29?,34-/m0/s1. The molecule has 1 amide bonds. The van der Waals surface area contributed by atoms with E-state index in [2.05, 4.69) is 48.7 Å². The Labute approximate surface area is 309 Å². The highest BCUT2D eigenvalue weighted by molar-refractivity contribution is 5.88. The molecule has 3 aliphatic carbocycles. The number of likely N-dealkylation sites (tertiary alicyclic amines) is 3. The van der Waals surface area contributed by atoms with Crippen LogP contribution in [0.25, 0.3) is 11.1 Å². The zero-order valence-electron chi connectivity index (χ0n) is 31.0. The molecule has 7 fully saturated rings. The van der Waals surface area contributed by atoms with Crippen LogP contribution in [0.4, 0.5) is 14.6 Å². The number of aryl methyl sites for hydroxylation is 1. The van der Waals surface area contributed by atoms with E-state index in [1.54, 1.807) is 17.2 Å². The Hall–Kier alpha value is -3.84. The van der Waals surface area contributed by atoms with Gasteiger partial charge < -0.3 is 14.5 Å². The van der Waals surface area contributed by atoms with Crippen LogP contribution in [-0.2, 0) is 4.79 Å². The van der Waals surface area contributed by atoms with Crippen molar-refractivity contribution in [2.24, 2.45) is 22.7 Å². The highest BCUT2D eigenvalue weighted by atomic mass is 19.1. The van der Waals surface area contributed by atoms with Crippen molar-refractivity contribution < 1.29 is 18.3 Å². The molecule has 2 aromatic heterocycles. The van der Waals surface area contributed by atoms with E-state index in [0.717, 1.165) is 82.9 Å². The average molecular weight is 726 g/mol. The molecule has 0 unspecified atom stereocenters. The van der Waals surface area contributed by atoms with Crippen LogP contribution in [0, 0.1) is 35.4 Å². The fourth-order valence-corrected chi connectivity index (χ4v) is 10.5. The molecule has 7 aliphatic rings. The van der Waals surface area contributed by atoms with Gasteiger partial charge in [-0.15, -0.1) is 10.2 Å². The van der Waals surface area contributed by atoms with Gasteiger partial charge in [-0.25, -0.2) is 23.7 Å². The van der Waals surface area contributed by atoms with Crippen LogP contribution in [0.2, 0.25) is 0 Å². The van der Waals surface area contributed by atoms with E-state index in [-0.39, 0.29) is 22.6 Å². The summed E-state index contributed by atoms with van der Waals surface area (Å²) in [5.74, 6) is 3.18. The lowest BCUT2D eigenvalue weighted by Gasteiger charge is -2.65. The fourth-order valence-electron chi connectivity index (χ4n) is 10.5. The third kappa shape index (κ3) is 5.88. The largest absolute Gasteiger partial charge is 0.434 e. The average Bonchev–Trinajstić information content (AvgIpc) is 4.00. The van der Waals surface area contributed by atoms with Crippen LogP contribution in [-0.4, -0.2) is 116 Å². The van der Waals surface area contributed by atoms with Gasteiger partial charge >= 0.3 is 0 Å². The zero-order chi connectivity index (χ0) is 36.3. The van der Waals surface area contributed by atoms with E-state index in [9.17, 15) is 13.6 Å². The summed E-state index contributed by atoms with van der Waals surface area (Å²) in [5, 5.41) is 8.46. The summed E-state index contributed by atoms with van der Waals surface area (Å²) in [6.45, 7) is 14.1. The second kappa shape index (κ2) is 12.1. The molecule has 280 valence electrons. The van der Waals surface area contributed by atoms with Gasteiger partial charge in [0.15, 0.2) is 11.5 Å². The maximum atomic E-state index is 14.7. The van der Waals surface area contributed by atoms with Gasteiger partial charge in [0.2, 0.25) is 0 Å². The van der Waals surface area contributed by atoms with Crippen molar-refractivity contribution >= 4 is 11.7 Å². The molecule has 10 rings (SSSR count). The first-order chi connectivity index (χ1) is 25.5. The van der Waals surface area contributed by atoms with Gasteiger partial charge in [0.05, 0.1) is 5.69 Å². The van der Waals surface area contributed by atoms with Crippen LogP contribution in [0.15, 0.2) is 30.7 Å². The quantitative estimate of drug-likeness (QED) is 0.270. The number of rotatable bonds is 10. The minimum Gasteiger partial charge on any atom is -0.434 e. The molecule has 4 saturated heterocycles. The molecule has 0 radical (unpaired) electrons. The van der Waals surface area contributed by atoms with Gasteiger partial charge in [-0.3, -0.25) is 14.6 Å². The summed E-state index contributed by atoms with van der Waals surface area (Å²) in [6, 6.07) is 5.74. The number of aromatic nitrogens is 5. The third-order valence-electron chi connectivity index (χ3n) is 13.5. The fraction of sp³-hybridized carbons (Fsp3) is 0.650. The van der Waals surface area contributed by atoms with Gasteiger partial charge in [0.25, 0.3) is 11.8 Å². The third-order valence-corrected chi connectivity index (χ3v) is 13.5. The van der Waals surface area contributed by atoms with Gasteiger partial charge in [-0.2, -0.15) is 0 Å². The Morgan fingerprint density at radius 2 is 1.74 bits per heavy atom. The van der Waals surface area contributed by atoms with Crippen molar-refractivity contribution in [3.63, 3.8) is 0 Å². The first kappa shape index (κ1) is 33.7. The van der Waals surface area contributed by atoms with Crippen LogP contribution in [0.3, 0.4) is 0 Å². The molecule has 3 saturated carbocycles. The molecular weight excluding hydrogens is 676 g/mol. The molecule has 11 nitrogen and oxygen atoms in total. The second-order valence-corrected chi connectivity index (χ2v) is 18.0. The molecule has 1 atom stereocenters. The van der Waals surface area contributed by atoms with E-state index in [0.29, 0.717) is 71.5 Å². The molecule has 4 aliphatic heterocycles. The number of hydrogen-bond acceptors (Lipinski definition) is 10. The highest BCUT2D eigenvalue weighted by Crippen LogP contribution is 2.52. The molecule has 1 aromatic carbocycles. The Kier molecular flexibility index (Phi) is 7.68. The topological polar surface area (TPSA) is 104 Å². The summed E-state index contributed by atoms with van der Waals surface area (Å²) in [7, 11) is 0. The van der Waals surface area contributed by atoms with Gasteiger partial charge in [0.1, 0.15) is 23.7 Å². The molecular formula is C40H49F2N9O2. The van der Waals surface area contributed by atoms with Crippen molar-refractivity contribution in [1.82, 2.24) is 39.8 Å². The molecule has 0 N–H and O–H groups in total. The smallest absolute Gasteiger partial charge is 0.282 e. The van der Waals surface area contributed by atoms with Crippen LogP contribution in [0.5, 0.6) is 11.6 Å². The maximum absolute atomic E-state index is 14.7. The van der Waals surface area contributed by atoms with Crippen LogP contribution in [0.1, 0.15) is 76.2 Å². The normalized spacial score (nSPS) is 27.3. The van der Waals surface area contributed by atoms with Crippen molar-refractivity contribution in [3.8, 4) is 22.8 Å². The van der Waals surface area contributed by atoms with Crippen LogP contribution >= 0.6 is 0 Å². The summed E-state index contributed by atoms with van der Waals surface area (Å²) < 4.78 is 35.4. The number of halogens is 2. The number of amides is 1. The number of ether oxygens (including phenoxy) is 1. The SMILES string of the molecule is Cc1ncc(-c2cc(F)ccc2Oc2nncnc2N2CCC3(C2)CN([C@@H](C(C)C)C2CC(N4CC5(CN(C(=O)C6(F)CC6)C5)C4)C2)C3)c(C2CC2)n1. The summed E-state index contributed by atoms with van der Waals surface area (Å²) in [5.41, 5.74) is 1.21. The number of nitrogens with zero attached hydrogens (tertiary/aromatic N) is 9. The molecule has 3 aromatic rings. The van der Waals surface area contributed by atoms with Crippen LogP contribution < -0.4 is 9.64 Å². The van der Waals surface area contributed by atoms with E-state index >= 15 is 0 Å². The lowest BCUT2D eigenvalue weighted by molar-refractivity contribution is -0.177. The number of carbonyl (C=O) groups excluding carboxylic acids is 1. The summed E-state index contributed by atoms with van der Waals surface area (Å²) in [4.78, 5) is 35.6. The molecule has 13 heteroatoms. The van der Waals surface area contributed by atoms with Gasteiger partial charge in [-0.1, -0.05) is 13.8 Å². The maximum Gasteiger partial charge on any atom is 0.282 e. The Morgan fingerprint density at radius 1 is 0.962 bits per heavy atom. The lowest BCUT2D eigenvalue weighted by Crippen LogP contribution is -2.76. The Balaban J connectivity index is 0.765. The first-order valence-electron chi connectivity index (χ1n) is 19.7. The number of benzene rings is 1. The first-order valence-corrected chi connectivity index (χ1v) is 19.7. The number of alkyl halides is 1. The van der Waals surface area contributed by atoms with E-state index in [4.69, 9.17) is 9.72 Å².